The minimum absolute atomic E-state index is 0.0837. The summed E-state index contributed by atoms with van der Waals surface area (Å²) >= 11 is 0. The normalized spacial score (nSPS) is 19.6. The van der Waals surface area contributed by atoms with Crippen molar-refractivity contribution in [1.29, 1.82) is 0 Å². The van der Waals surface area contributed by atoms with Crippen molar-refractivity contribution in [2.24, 2.45) is 5.73 Å². The van der Waals surface area contributed by atoms with E-state index in [2.05, 4.69) is 9.97 Å². The molecule has 0 bridgehead atoms. The molecule has 122 valence electrons. The molecule has 2 atom stereocenters. The maximum absolute atomic E-state index is 13.8. The number of likely N-dealkylation sites (tertiary alicyclic amines) is 1. The standard InChI is InChI=1S/C16H18F2N4O/c17-11-4-1-5-12(18)13(11)14(19)16(23)22-8-2-3-10(9-22)15-20-6-7-21-15/h1,4-7,10,14H,2-3,8-9,19H2,(H,20,21). The van der Waals surface area contributed by atoms with E-state index in [1.54, 1.807) is 17.3 Å². The Balaban J connectivity index is 1.77. The number of carbonyl (C=O) groups is 1. The number of nitrogens with two attached hydrogens (primary N) is 1. The zero-order valence-electron chi connectivity index (χ0n) is 12.5. The van der Waals surface area contributed by atoms with Gasteiger partial charge in [-0.05, 0) is 25.0 Å². The molecule has 1 amide bonds. The first-order chi connectivity index (χ1) is 11.1. The molecule has 2 heterocycles. The van der Waals surface area contributed by atoms with Crippen LogP contribution in [0.15, 0.2) is 30.6 Å². The van der Waals surface area contributed by atoms with Crippen molar-refractivity contribution in [3.05, 3.63) is 53.6 Å². The molecule has 1 saturated heterocycles. The van der Waals surface area contributed by atoms with Crippen molar-refractivity contribution >= 4 is 5.91 Å². The van der Waals surface area contributed by atoms with Crippen LogP contribution in [0, 0.1) is 11.6 Å². The molecule has 2 aromatic rings. The third-order valence-corrected chi connectivity index (χ3v) is 4.22. The fraction of sp³-hybridized carbons (Fsp3) is 0.375. The molecule has 1 aliphatic heterocycles. The van der Waals surface area contributed by atoms with Gasteiger partial charge in [-0.2, -0.15) is 0 Å². The van der Waals surface area contributed by atoms with Crippen molar-refractivity contribution in [2.75, 3.05) is 13.1 Å². The van der Waals surface area contributed by atoms with E-state index in [4.69, 9.17) is 5.73 Å². The quantitative estimate of drug-likeness (QED) is 0.909. The molecule has 0 spiro atoms. The Hall–Kier alpha value is -2.28. The van der Waals surface area contributed by atoms with Gasteiger partial charge in [0.1, 0.15) is 23.5 Å². The SMILES string of the molecule is NC(C(=O)N1CCCC(c2ncc[nH]2)C1)c1c(F)cccc1F. The summed E-state index contributed by atoms with van der Waals surface area (Å²) in [5, 5.41) is 0. The first-order valence-electron chi connectivity index (χ1n) is 7.55. The minimum atomic E-state index is -1.34. The Bertz CT molecular complexity index is 669. The predicted molar refractivity (Wildman–Crippen MR) is 80.4 cm³/mol. The van der Waals surface area contributed by atoms with Crippen LogP contribution >= 0.6 is 0 Å². The fourth-order valence-corrected chi connectivity index (χ4v) is 3.03. The summed E-state index contributed by atoms with van der Waals surface area (Å²) in [6, 6.07) is 2.12. The van der Waals surface area contributed by atoms with Gasteiger partial charge in [0.2, 0.25) is 5.91 Å². The maximum Gasteiger partial charge on any atom is 0.244 e. The van der Waals surface area contributed by atoms with Crippen LogP contribution in [0.25, 0.3) is 0 Å². The number of nitrogens with one attached hydrogen (secondary N) is 1. The molecule has 0 saturated carbocycles. The molecule has 7 heteroatoms. The number of carbonyl (C=O) groups excluding carboxylic acids is 1. The molecular weight excluding hydrogens is 302 g/mol. The Morgan fingerprint density at radius 3 is 2.78 bits per heavy atom. The lowest BCUT2D eigenvalue weighted by Gasteiger charge is -2.33. The lowest BCUT2D eigenvalue weighted by Crippen LogP contribution is -2.44. The lowest BCUT2D eigenvalue weighted by molar-refractivity contribution is -0.134. The number of nitrogens with zero attached hydrogens (tertiary/aromatic N) is 2. The number of imidazole rings is 1. The summed E-state index contributed by atoms with van der Waals surface area (Å²) in [5.74, 6) is -1.17. The van der Waals surface area contributed by atoms with Gasteiger partial charge in [-0.15, -0.1) is 0 Å². The predicted octanol–water partition coefficient (Wildman–Crippen LogP) is 2.09. The number of amides is 1. The highest BCUT2D eigenvalue weighted by molar-refractivity contribution is 5.83. The summed E-state index contributed by atoms with van der Waals surface area (Å²) < 4.78 is 27.6. The van der Waals surface area contributed by atoms with Gasteiger partial charge in [-0.3, -0.25) is 4.79 Å². The van der Waals surface area contributed by atoms with Gasteiger partial charge < -0.3 is 15.6 Å². The van der Waals surface area contributed by atoms with Crippen LogP contribution < -0.4 is 5.73 Å². The van der Waals surface area contributed by atoms with Crippen LogP contribution in [0.1, 0.15) is 36.2 Å². The topological polar surface area (TPSA) is 75.0 Å². The maximum atomic E-state index is 13.8. The highest BCUT2D eigenvalue weighted by Gasteiger charge is 2.31. The molecule has 23 heavy (non-hydrogen) atoms. The largest absolute Gasteiger partial charge is 0.348 e. The number of aromatic amines is 1. The van der Waals surface area contributed by atoms with Gasteiger partial charge in [-0.1, -0.05) is 6.07 Å². The second-order valence-corrected chi connectivity index (χ2v) is 5.71. The first kappa shape index (κ1) is 15.6. The summed E-state index contributed by atoms with van der Waals surface area (Å²) in [4.78, 5) is 21.4. The van der Waals surface area contributed by atoms with Crippen LogP contribution in [-0.4, -0.2) is 33.9 Å². The lowest BCUT2D eigenvalue weighted by atomic mass is 9.96. The van der Waals surface area contributed by atoms with E-state index >= 15 is 0 Å². The molecule has 3 rings (SSSR count). The van der Waals surface area contributed by atoms with Gasteiger partial charge in [0.25, 0.3) is 0 Å². The molecule has 0 aliphatic carbocycles. The van der Waals surface area contributed by atoms with Gasteiger partial charge in [0.05, 0.1) is 0 Å². The third-order valence-electron chi connectivity index (χ3n) is 4.22. The summed E-state index contributed by atoms with van der Waals surface area (Å²) in [5.41, 5.74) is 5.46. The van der Waals surface area contributed by atoms with Gasteiger partial charge in [0.15, 0.2) is 0 Å². The Morgan fingerprint density at radius 1 is 1.39 bits per heavy atom. The van der Waals surface area contributed by atoms with Crippen molar-refractivity contribution in [3.8, 4) is 0 Å². The van der Waals surface area contributed by atoms with Crippen molar-refractivity contribution in [1.82, 2.24) is 14.9 Å². The van der Waals surface area contributed by atoms with Crippen LogP contribution in [0.4, 0.5) is 8.78 Å². The molecule has 2 unspecified atom stereocenters. The summed E-state index contributed by atoms with van der Waals surface area (Å²) in [6.07, 6.45) is 5.09. The fourth-order valence-electron chi connectivity index (χ4n) is 3.03. The van der Waals surface area contributed by atoms with Gasteiger partial charge in [0, 0.05) is 37.0 Å². The van der Waals surface area contributed by atoms with Crippen molar-refractivity contribution in [2.45, 2.75) is 24.8 Å². The van der Waals surface area contributed by atoms with Crippen LogP contribution in [-0.2, 0) is 4.79 Å². The highest BCUT2D eigenvalue weighted by atomic mass is 19.1. The molecule has 1 fully saturated rings. The van der Waals surface area contributed by atoms with E-state index in [0.717, 1.165) is 30.8 Å². The van der Waals surface area contributed by atoms with Crippen LogP contribution in [0.2, 0.25) is 0 Å². The smallest absolute Gasteiger partial charge is 0.244 e. The molecule has 0 radical (unpaired) electrons. The first-order valence-corrected chi connectivity index (χ1v) is 7.55. The Morgan fingerprint density at radius 2 is 2.13 bits per heavy atom. The van der Waals surface area contributed by atoms with E-state index in [9.17, 15) is 13.6 Å². The van der Waals surface area contributed by atoms with E-state index in [-0.39, 0.29) is 11.5 Å². The number of hydrogen-bond acceptors (Lipinski definition) is 3. The number of rotatable bonds is 3. The average molecular weight is 320 g/mol. The number of benzene rings is 1. The van der Waals surface area contributed by atoms with Crippen LogP contribution in [0.5, 0.6) is 0 Å². The molecule has 3 N–H and O–H groups in total. The van der Waals surface area contributed by atoms with E-state index in [0.29, 0.717) is 13.1 Å². The van der Waals surface area contributed by atoms with Gasteiger partial charge in [-0.25, -0.2) is 13.8 Å². The van der Waals surface area contributed by atoms with E-state index < -0.39 is 23.6 Å². The Kier molecular flexibility index (Phi) is 4.38. The summed E-state index contributed by atoms with van der Waals surface area (Å²) in [7, 11) is 0. The zero-order chi connectivity index (χ0) is 16.4. The van der Waals surface area contributed by atoms with Crippen molar-refractivity contribution in [3.63, 3.8) is 0 Å². The molecule has 1 aromatic carbocycles. The minimum Gasteiger partial charge on any atom is -0.348 e. The molecule has 5 nitrogen and oxygen atoms in total. The highest BCUT2D eigenvalue weighted by Crippen LogP contribution is 2.27. The number of halogens is 2. The number of aromatic nitrogens is 2. The third kappa shape index (κ3) is 3.10. The number of H-pyrrole nitrogens is 1. The van der Waals surface area contributed by atoms with E-state index in [1.165, 1.54) is 6.07 Å². The van der Waals surface area contributed by atoms with E-state index in [1.807, 2.05) is 0 Å². The molecule has 1 aromatic heterocycles. The van der Waals surface area contributed by atoms with Crippen LogP contribution in [0.3, 0.4) is 0 Å². The molecular formula is C16H18F2N4O. The summed E-state index contributed by atoms with van der Waals surface area (Å²) in [6.45, 7) is 0.968. The second kappa shape index (κ2) is 6.45. The monoisotopic (exact) mass is 320 g/mol. The average Bonchev–Trinajstić information content (AvgIpc) is 3.08. The zero-order valence-corrected chi connectivity index (χ0v) is 12.5. The van der Waals surface area contributed by atoms with Crippen molar-refractivity contribution < 1.29 is 13.6 Å². The number of hydrogen-bond donors (Lipinski definition) is 2. The van der Waals surface area contributed by atoms with Gasteiger partial charge >= 0.3 is 0 Å². The second-order valence-electron chi connectivity index (χ2n) is 5.71. The number of piperidine rings is 1. The Labute approximate surface area is 132 Å². The molecule has 1 aliphatic rings.